The summed E-state index contributed by atoms with van der Waals surface area (Å²) in [6.07, 6.45) is -0.619. The molecule has 0 radical (unpaired) electrons. The van der Waals surface area contributed by atoms with Gasteiger partial charge in [-0.3, -0.25) is 0 Å². The van der Waals surface area contributed by atoms with Crippen LogP contribution in [-0.2, 0) is 19.7 Å². The first-order chi connectivity index (χ1) is 15.0. The number of sulfone groups is 2. The van der Waals surface area contributed by atoms with Crippen molar-refractivity contribution >= 4 is 54.5 Å². The quantitative estimate of drug-likeness (QED) is 0.317. The lowest BCUT2D eigenvalue weighted by molar-refractivity contribution is 0.125. The number of hydrogen-bond acceptors (Lipinski definition) is 7. The van der Waals surface area contributed by atoms with Gasteiger partial charge in [-0.15, -0.1) is 11.6 Å². The number of alkyl halides is 1. The second-order valence-electron chi connectivity index (χ2n) is 6.75. The van der Waals surface area contributed by atoms with Crippen LogP contribution in [0, 0.1) is 0 Å². The van der Waals surface area contributed by atoms with E-state index in [0.717, 1.165) is 0 Å². The monoisotopic (exact) mass is 544 g/mol. The van der Waals surface area contributed by atoms with Gasteiger partial charge in [0.15, 0.2) is 15.6 Å². The zero-order valence-electron chi connectivity index (χ0n) is 17.1. The van der Waals surface area contributed by atoms with E-state index in [-0.39, 0.29) is 50.3 Å². The van der Waals surface area contributed by atoms with Crippen LogP contribution in [0.2, 0.25) is 10.0 Å². The summed E-state index contributed by atoms with van der Waals surface area (Å²) in [5.74, 6) is 0.368. The highest BCUT2D eigenvalue weighted by Crippen LogP contribution is 2.37. The summed E-state index contributed by atoms with van der Waals surface area (Å²) < 4.78 is 59.8. The summed E-state index contributed by atoms with van der Waals surface area (Å²) in [5.41, 5.74) is 0. The van der Waals surface area contributed by atoms with Gasteiger partial charge in [-0.05, 0) is 42.8 Å². The van der Waals surface area contributed by atoms with Crippen LogP contribution in [0.1, 0.15) is 13.3 Å². The third kappa shape index (κ3) is 7.40. The first-order valence-corrected chi connectivity index (χ1v) is 14.1. The van der Waals surface area contributed by atoms with Crippen LogP contribution < -0.4 is 9.47 Å². The SMILES string of the molecule is CCS(=O)(=O)C[C@H](O)COc1ccc(S(=O)(=O)c2cc(Cl)c(OCCCCl)c(Cl)c2)cc1. The van der Waals surface area contributed by atoms with Gasteiger partial charge in [-0.1, -0.05) is 30.1 Å². The van der Waals surface area contributed by atoms with Gasteiger partial charge in [0.1, 0.15) is 18.5 Å². The maximum absolute atomic E-state index is 13.0. The zero-order chi connectivity index (χ0) is 23.9. The summed E-state index contributed by atoms with van der Waals surface area (Å²) >= 11 is 17.9. The summed E-state index contributed by atoms with van der Waals surface area (Å²) in [5, 5.41) is 9.92. The van der Waals surface area contributed by atoms with Gasteiger partial charge in [0.05, 0.1) is 32.2 Å². The Balaban J connectivity index is 2.13. The van der Waals surface area contributed by atoms with Crippen molar-refractivity contribution in [2.45, 2.75) is 29.2 Å². The maximum atomic E-state index is 13.0. The van der Waals surface area contributed by atoms with E-state index in [4.69, 9.17) is 44.3 Å². The van der Waals surface area contributed by atoms with Crippen molar-refractivity contribution in [3.8, 4) is 11.5 Å². The van der Waals surface area contributed by atoms with Gasteiger partial charge in [-0.2, -0.15) is 0 Å². The summed E-state index contributed by atoms with van der Waals surface area (Å²) in [7, 11) is -7.27. The Hall–Kier alpha value is -1.23. The van der Waals surface area contributed by atoms with Crippen molar-refractivity contribution in [3.63, 3.8) is 0 Å². The van der Waals surface area contributed by atoms with Crippen LogP contribution in [0.5, 0.6) is 11.5 Å². The predicted octanol–water partition coefficient (Wildman–Crippen LogP) is 4.01. The van der Waals surface area contributed by atoms with E-state index in [9.17, 15) is 21.9 Å². The zero-order valence-corrected chi connectivity index (χ0v) is 21.0. The lowest BCUT2D eigenvalue weighted by Crippen LogP contribution is -2.27. The third-order valence-corrected chi connectivity index (χ3v) is 8.62. The Morgan fingerprint density at radius 2 is 1.56 bits per heavy atom. The summed E-state index contributed by atoms with van der Waals surface area (Å²) in [6, 6.07) is 7.97. The van der Waals surface area contributed by atoms with Crippen LogP contribution in [0.4, 0.5) is 0 Å². The number of rotatable bonds is 12. The molecule has 2 aromatic rings. The lowest BCUT2D eigenvalue weighted by Gasteiger charge is -2.13. The molecule has 0 saturated carbocycles. The Morgan fingerprint density at radius 3 is 2.09 bits per heavy atom. The van der Waals surface area contributed by atoms with Crippen molar-refractivity contribution < 1.29 is 31.4 Å². The molecule has 0 aromatic heterocycles. The van der Waals surface area contributed by atoms with Crippen LogP contribution >= 0.6 is 34.8 Å². The highest BCUT2D eigenvalue weighted by atomic mass is 35.5. The normalized spacial score (nSPS) is 13.0. The molecule has 0 aliphatic carbocycles. The Bertz CT molecular complexity index is 1100. The molecular formula is C20H23Cl3O7S2. The molecule has 0 unspecified atom stereocenters. The minimum atomic E-state index is -3.93. The van der Waals surface area contributed by atoms with Gasteiger partial charge in [-0.25, -0.2) is 16.8 Å². The minimum Gasteiger partial charge on any atom is -0.491 e. The van der Waals surface area contributed by atoms with Crippen molar-refractivity contribution in [3.05, 3.63) is 46.4 Å². The largest absolute Gasteiger partial charge is 0.491 e. The first-order valence-electron chi connectivity index (χ1n) is 9.54. The van der Waals surface area contributed by atoms with Crippen LogP contribution in [0.25, 0.3) is 0 Å². The number of aliphatic hydroxyl groups is 1. The average Bonchev–Trinajstić information content (AvgIpc) is 2.74. The number of halogens is 3. The van der Waals surface area contributed by atoms with Crippen molar-refractivity contribution in [1.82, 2.24) is 0 Å². The Morgan fingerprint density at radius 1 is 0.969 bits per heavy atom. The van der Waals surface area contributed by atoms with Crippen LogP contribution in [0.15, 0.2) is 46.2 Å². The van der Waals surface area contributed by atoms with Gasteiger partial charge in [0, 0.05) is 11.6 Å². The van der Waals surface area contributed by atoms with E-state index in [1.165, 1.54) is 43.3 Å². The molecule has 178 valence electrons. The highest BCUT2D eigenvalue weighted by Gasteiger charge is 2.22. The molecule has 12 heteroatoms. The molecule has 7 nitrogen and oxygen atoms in total. The van der Waals surface area contributed by atoms with E-state index >= 15 is 0 Å². The standard InChI is InChI=1S/C20H23Cl3O7S2/c1-2-31(25,26)13-14(24)12-30-15-4-6-16(7-5-15)32(27,28)17-10-18(22)20(19(23)11-17)29-9-3-8-21/h4-7,10-11,14,24H,2-3,8-9,12-13H2,1H3/t14-/m1/s1. The summed E-state index contributed by atoms with van der Waals surface area (Å²) in [4.78, 5) is -0.132. The van der Waals surface area contributed by atoms with Crippen molar-refractivity contribution in [2.24, 2.45) is 0 Å². The first kappa shape index (κ1) is 27.0. The molecule has 0 heterocycles. The number of ether oxygens (including phenoxy) is 2. The van der Waals surface area contributed by atoms with Gasteiger partial charge < -0.3 is 14.6 Å². The highest BCUT2D eigenvalue weighted by molar-refractivity contribution is 7.91. The molecule has 2 aromatic carbocycles. The fourth-order valence-corrected chi connectivity index (χ4v) is 5.63. The smallest absolute Gasteiger partial charge is 0.206 e. The van der Waals surface area contributed by atoms with Crippen LogP contribution in [0.3, 0.4) is 0 Å². The van der Waals surface area contributed by atoms with E-state index in [1.54, 1.807) is 0 Å². The number of aliphatic hydroxyl groups excluding tert-OH is 1. The fraction of sp³-hybridized carbons (Fsp3) is 0.400. The van der Waals surface area contributed by atoms with Crippen molar-refractivity contribution in [2.75, 3.05) is 30.6 Å². The topological polar surface area (TPSA) is 107 Å². The average molecular weight is 546 g/mol. The third-order valence-electron chi connectivity index (χ3n) is 4.27. The molecule has 32 heavy (non-hydrogen) atoms. The molecule has 0 bridgehead atoms. The minimum absolute atomic E-state index is 0.0260. The second kappa shape index (κ2) is 11.8. The lowest BCUT2D eigenvalue weighted by atomic mass is 10.3. The molecular weight excluding hydrogens is 523 g/mol. The molecule has 0 aliphatic rings. The van der Waals surface area contributed by atoms with Crippen LogP contribution in [-0.4, -0.2) is 58.6 Å². The van der Waals surface area contributed by atoms with E-state index in [0.29, 0.717) is 12.3 Å². The van der Waals surface area contributed by atoms with E-state index in [2.05, 4.69) is 0 Å². The van der Waals surface area contributed by atoms with Gasteiger partial charge in [0.2, 0.25) is 9.84 Å². The molecule has 0 fully saturated rings. The van der Waals surface area contributed by atoms with Crippen molar-refractivity contribution in [1.29, 1.82) is 0 Å². The second-order valence-corrected chi connectivity index (χ2v) is 12.3. The Kier molecular flexibility index (Phi) is 9.93. The van der Waals surface area contributed by atoms with Gasteiger partial charge in [0.25, 0.3) is 0 Å². The predicted molar refractivity (Wildman–Crippen MR) is 125 cm³/mol. The van der Waals surface area contributed by atoms with Gasteiger partial charge >= 0.3 is 0 Å². The summed E-state index contributed by atoms with van der Waals surface area (Å²) in [6.45, 7) is 1.53. The molecule has 1 atom stereocenters. The molecule has 0 aliphatic heterocycles. The molecule has 0 spiro atoms. The number of hydrogen-bond donors (Lipinski definition) is 1. The Labute approximate surface area is 203 Å². The molecule has 0 amide bonds. The number of benzene rings is 2. The van der Waals surface area contributed by atoms with E-state index in [1.807, 2.05) is 0 Å². The molecule has 1 N–H and O–H groups in total. The fourth-order valence-electron chi connectivity index (χ4n) is 2.56. The van der Waals surface area contributed by atoms with E-state index < -0.39 is 31.5 Å². The molecule has 2 rings (SSSR count). The maximum Gasteiger partial charge on any atom is 0.206 e. The molecule has 0 saturated heterocycles.